The van der Waals surface area contributed by atoms with Gasteiger partial charge in [0, 0.05) is 3.57 Å². The normalized spacial score (nSPS) is 10.1. The molecule has 126 valence electrons. The molecule has 0 aromatic heterocycles. The van der Waals surface area contributed by atoms with Gasteiger partial charge in [-0.3, -0.25) is 4.79 Å². The number of carbonyl (C=O) groups excluding carboxylic acids is 1. The minimum atomic E-state index is -0.248. The molecule has 25 heavy (non-hydrogen) atoms. The van der Waals surface area contributed by atoms with Crippen LogP contribution >= 0.6 is 22.6 Å². The standard InChI is InChI=1S/C20H16INO3/c21-15-10-12-16(13-11-15)24-14-20(23)22-18-8-4-5-9-19(18)25-17-6-2-1-3-7-17/h1-13H,14H2,(H,22,23). The molecule has 0 aliphatic heterocycles. The summed E-state index contributed by atoms with van der Waals surface area (Å²) in [5.74, 6) is 1.70. The van der Waals surface area contributed by atoms with Crippen LogP contribution in [-0.2, 0) is 4.79 Å². The molecule has 0 spiro atoms. The fourth-order valence-electron chi connectivity index (χ4n) is 2.14. The van der Waals surface area contributed by atoms with Crippen LogP contribution in [0.1, 0.15) is 0 Å². The molecular weight excluding hydrogens is 429 g/mol. The highest BCUT2D eigenvalue weighted by molar-refractivity contribution is 14.1. The molecule has 0 heterocycles. The summed E-state index contributed by atoms with van der Waals surface area (Å²) >= 11 is 2.22. The van der Waals surface area contributed by atoms with Gasteiger partial charge in [-0.2, -0.15) is 0 Å². The van der Waals surface area contributed by atoms with E-state index in [1.165, 1.54) is 0 Å². The molecule has 0 radical (unpaired) electrons. The molecule has 1 amide bonds. The van der Waals surface area contributed by atoms with Crippen LogP contribution < -0.4 is 14.8 Å². The molecule has 1 N–H and O–H groups in total. The average Bonchev–Trinajstić information content (AvgIpc) is 2.64. The maximum absolute atomic E-state index is 12.2. The van der Waals surface area contributed by atoms with E-state index >= 15 is 0 Å². The number of para-hydroxylation sites is 3. The van der Waals surface area contributed by atoms with Crippen LogP contribution in [0.25, 0.3) is 0 Å². The third-order valence-corrected chi connectivity index (χ3v) is 4.03. The molecule has 3 rings (SSSR count). The highest BCUT2D eigenvalue weighted by Gasteiger charge is 2.09. The van der Waals surface area contributed by atoms with E-state index in [9.17, 15) is 4.79 Å². The van der Waals surface area contributed by atoms with Gasteiger partial charge in [0.05, 0.1) is 5.69 Å². The lowest BCUT2D eigenvalue weighted by molar-refractivity contribution is -0.118. The summed E-state index contributed by atoms with van der Waals surface area (Å²) in [5.41, 5.74) is 0.600. The summed E-state index contributed by atoms with van der Waals surface area (Å²) in [4.78, 5) is 12.2. The van der Waals surface area contributed by atoms with Crippen molar-refractivity contribution in [2.45, 2.75) is 0 Å². The van der Waals surface area contributed by atoms with Crippen molar-refractivity contribution in [3.8, 4) is 17.2 Å². The smallest absolute Gasteiger partial charge is 0.262 e. The van der Waals surface area contributed by atoms with Crippen LogP contribution in [0.3, 0.4) is 0 Å². The molecular formula is C20H16INO3. The summed E-state index contributed by atoms with van der Waals surface area (Å²) < 4.78 is 12.4. The zero-order chi connectivity index (χ0) is 17.5. The molecule has 4 nitrogen and oxygen atoms in total. The lowest BCUT2D eigenvalue weighted by Gasteiger charge is -2.12. The third kappa shape index (κ3) is 5.22. The van der Waals surface area contributed by atoms with Crippen molar-refractivity contribution in [3.63, 3.8) is 0 Å². The van der Waals surface area contributed by atoms with Gasteiger partial charge in [-0.15, -0.1) is 0 Å². The predicted molar refractivity (Wildman–Crippen MR) is 106 cm³/mol. The first kappa shape index (κ1) is 17.3. The van der Waals surface area contributed by atoms with Crippen LogP contribution in [0, 0.1) is 3.57 Å². The zero-order valence-corrected chi connectivity index (χ0v) is 15.5. The number of ether oxygens (including phenoxy) is 2. The van der Waals surface area contributed by atoms with E-state index < -0.39 is 0 Å². The van der Waals surface area contributed by atoms with Gasteiger partial charge < -0.3 is 14.8 Å². The van der Waals surface area contributed by atoms with E-state index in [-0.39, 0.29) is 12.5 Å². The molecule has 3 aromatic rings. The summed E-state index contributed by atoms with van der Waals surface area (Å²) in [6.07, 6.45) is 0. The van der Waals surface area contributed by atoms with Crippen molar-refractivity contribution < 1.29 is 14.3 Å². The van der Waals surface area contributed by atoms with Crippen LogP contribution in [0.2, 0.25) is 0 Å². The van der Waals surface area contributed by atoms with Gasteiger partial charge in [0.1, 0.15) is 11.5 Å². The zero-order valence-electron chi connectivity index (χ0n) is 13.3. The number of rotatable bonds is 6. The second-order valence-corrected chi connectivity index (χ2v) is 6.45. The van der Waals surface area contributed by atoms with Crippen molar-refractivity contribution in [2.24, 2.45) is 0 Å². The van der Waals surface area contributed by atoms with Crippen LogP contribution in [0.5, 0.6) is 17.2 Å². The maximum Gasteiger partial charge on any atom is 0.262 e. The second-order valence-electron chi connectivity index (χ2n) is 5.20. The summed E-state index contributed by atoms with van der Waals surface area (Å²) in [5, 5.41) is 2.82. The Kier molecular flexibility index (Phi) is 5.90. The number of benzene rings is 3. The van der Waals surface area contributed by atoms with Gasteiger partial charge in [-0.25, -0.2) is 0 Å². The monoisotopic (exact) mass is 445 g/mol. The number of halogens is 1. The van der Waals surface area contributed by atoms with Crippen LogP contribution in [0.4, 0.5) is 5.69 Å². The Morgan fingerprint density at radius 3 is 2.28 bits per heavy atom. The number of anilines is 1. The summed E-state index contributed by atoms with van der Waals surface area (Å²) in [7, 11) is 0. The maximum atomic E-state index is 12.2. The predicted octanol–water partition coefficient (Wildman–Crippen LogP) is 5.10. The minimum absolute atomic E-state index is 0.0692. The first-order valence-electron chi connectivity index (χ1n) is 7.71. The lowest BCUT2D eigenvalue weighted by Crippen LogP contribution is -2.20. The first-order chi connectivity index (χ1) is 12.2. The van der Waals surface area contributed by atoms with Crippen LogP contribution in [-0.4, -0.2) is 12.5 Å². The molecule has 0 saturated heterocycles. The fourth-order valence-corrected chi connectivity index (χ4v) is 2.50. The SMILES string of the molecule is O=C(COc1ccc(I)cc1)Nc1ccccc1Oc1ccccc1. The minimum Gasteiger partial charge on any atom is -0.484 e. The van der Waals surface area contributed by atoms with Crippen molar-refractivity contribution in [2.75, 3.05) is 11.9 Å². The molecule has 0 bridgehead atoms. The number of hydrogen-bond donors (Lipinski definition) is 1. The Labute approximate surface area is 159 Å². The summed E-state index contributed by atoms with van der Waals surface area (Å²) in [6.45, 7) is -0.0692. The molecule has 3 aromatic carbocycles. The molecule has 0 unspecified atom stereocenters. The van der Waals surface area contributed by atoms with Crippen molar-refractivity contribution in [1.82, 2.24) is 0 Å². The Bertz CT molecular complexity index is 835. The quantitative estimate of drug-likeness (QED) is 0.538. The number of hydrogen-bond acceptors (Lipinski definition) is 3. The highest BCUT2D eigenvalue weighted by Crippen LogP contribution is 2.29. The third-order valence-electron chi connectivity index (χ3n) is 3.32. The Hall–Kier alpha value is -2.54. The van der Waals surface area contributed by atoms with Gasteiger partial charge in [-0.05, 0) is 71.1 Å². The van der Waals surface area contributed by atoms with E-state index in [0.717, 1.165) is 3.57 Å². The van der Waals surface area contributed by atoms with E-state index in [0.29, 0.717) is 22.9 Å². The Morgan fingerprint density at radius 2 is 1.52 bits per heavy atom. The molecule has 0 atom stereocenters. The van der Waals surface area contributed by atoms with Gasteiger partial charge in [-0.1, -0.05) is 30.3 Å². The van der Waals surface area contributed by atoms with Crippen molar-refractivity contribution in [3.05, 3.63) is 82.4 Å². The number of amides is 1. The van der Waals surface area contributed by atoms with E-state index in [1.54, 1.807) is 6.07 Å². The largest absolute Gasteiger partial charge is 0.484 e. The Morgan fingerprint density at radius 1 is 0.840 bits per heavy atom. The van der Waals surface area contributed by atoms with Crippen molar-refractivity contribution in [1.29, 1.82) is 0 Å². The van der Waals surface area contributed by atoms with E-state index in [2.05, 4.69) is 27.9 Å². The average molecular weight is 445 g/mol. The second kappa shape index (κ2) is 8.53. The van der Waals surface area contributed by atoms with E-state index in [4.69, 9.17) is 9.47 Å². The van der Waals surface area contributed by atoms with Gasteiger partial charge in [0.25, 0.3) is 5.91 Å². The highest BCUT2D eigenvalue weighted by atomic mass is 127. The topological polar surface area (TPSA) is 47.6 Å². The number of carbonyl (C=O) groups is 1. The van der Waals surface area contributed by atoms with Gasteiger partial charge >= 0.3 is 0 Å². The Balaban J connectivity index is 1.62. The van der Waals surface area contributed by atoms with Crippen molar-refractivity contribution >= 4 is 34.2 Å². The molecule has 0 aliphatic rings. The van der Waals surface area contributed by atoms with Gasteiger partial charge in [0.15, 0.2) is 12.4 Å². The van der Waals surface area contributed by atoms with Crippen LogP contribution in [0.15, 0.2) is 78.9 Å². The van der Waals surface area contributed by atoms with E-state index in [1.807, 2.05) is 72.8 Å². The molecule has 0 aliphatic carbocycles. The summed E-state index contributed by atoms with van der Waals surface area (Å²) in [6, 6.07) is 24.3. The fraction of sp³-hybridized carbons (Fsp3) is 0.0500. The van der Waals surface area contributed by atoms with Gasteiger partial charge in [0.2, 0.25) is 0 Å². The molecule has 0 saturated carbocycles. The first-order valence-corrected chi connectivity index (χ1v) is 8.79. The molecule has 0 fully saturated rings. The lowest BCUT2D eigenvalue weighted by atomic mass is 10.3. The molecule has 5 heteroatoms. The number of nitrogens with one attached hydrogen (secondary N) is 1.